The van der Waals surface area contributed by atoms with Crippen LogP contribution in [0.15, 0.2) is 0 Å². The minimum Gasteiger partial charge on any atom is -0.465 e. The highest BCUT2D eigenvalue weighted by Crippen LogP contribution is 2.22. The lowest BCUT2D eigenvalue weighted by Crippen LogP contribution is -2.34. The minimum atomic E-state index is -0.579. The van der Waals surface area contributed by atoms with Crippen LogP contribution < -0.4 is 0 Å². The molecule has 1 rings (SSSR count). The fourth-order valence-corrected chi connectivity index (χ4v) is 2.17. The second kappa shape index (κ2) is 8.25. The Morgan fingerprint density at radius 2 is 1.94 bits per heavy atom. The molecule has 0 aromatic heterocycles. The largest absolute Gasteiger partial charge is 0.465 e. The van der Waals surface area contributed by atoms with Crippen LogP contribution in [0.1, 0.15) is 46.0 Å². The normalized spacial score (nSPS) is 18.3. The molecule has 0 aromatic rings. The van der Waals surface area contributed by atoms with E-state index in [1.807, 2.05) is 13.8 Å². The zero-order valence-corrected chi connectivity index (χ0v) is 11.4. The fraction of sp³-hybridized carbons (Fsp3) is 0.857. The van der Waals surface area contributed by atoms with Gasteiger partial charge in [-0.3, -0.25) is 9.59 Å². The highest BCUT2D eigenvalue weighted by atomic mass is 16.5. The first-order chi connectivity index (χ1) is 8.70. The van der Waals surface area contributed by atoms with Crippen molar-refractivity contribution in [2.75, 3.05) is 19.8 Å². The van der Waals surface area contributed by atoms with Crippen LogP contribution in [0.5, 0.6) is 0 Å². The Labute approximate surface area is 109 Å². The van der Waals surface area contributed by atoms with E-state index in [1.54, 1.807) is 0 Å². The van der Waals surface area contributed by atoms with Crippen molar-refractivity contribution in [3.63, 3.8) is 0 Å². The van der Waals surface area contributed by atoms with Crippen LogP contribution in [0.3, 0.4) is 0 Å². The first kappa shape index (κ1) is 15.2. The van der Waals surface area contributed by atoms with Crippen molar-refractivity contribution in [1.82, 2.24) is 0 Å². The maximum atomic E-state index is 12.2. The number of esters is 1. The smallest absolute Gasteiger partial charge is 0.316 e. The Bertz CT molecular complexity index is 269. The number of rotatable bonds is 7. The highest BCUT2D eigenvalue weighted by molar-refractivity contribution is 6.00. The Hall–Kier alpha value is -0.900. The van der Waals surface area contributed by atoms with Crippen LogP contribution in [-0.2, 0) is 19.1 Å². The molecule has 0 bridgehead atoms. The molecule has 1 fully saturated rings. The van der Waals surface area contributed by atoms with E-state index in [1.165, 1.54) is 0 Å². The summed E-state index contributed by atoms with van der Waals surface area (Å²) < 4.78 is 10.4. The summed E-state index contributed by atoms with van der Waals surface area (Å²) >= 11 is 0. The summed E-state index contributed by atoms with van der Waals surface area (Å²) in [5, 5.41) is 0. The number of ether oxygens (including phenoxy) is 2. The summed E-state index contributed by atoms with van der Waals surface area (Å²) in [6.45, 7) is 5.57. The van der Waals surface area contributed by atoms with Crippen molar-refractivity contribution in [2.45, 2.75) is 46.0 Å². The van der Waals surface area contributed by atoms with Crippen LogP contribution in [0.2, 0.25) is 0 Å². The Morgan fingerprint density at radius 3 is 2.50 bits per heavy atom. The Kier molecular flexibility index (Phi) is 6.94. The summed E-state index contributed by atoms with van der Waals surface area (Å²) in [5.41, 5.74) is 0. The fourth-order valence-electron chi connectivity index (χ4n) is 2.17. The van der Waals surface area contributed by atoms with Gasteiger partial charge in [0, 0.05) is 19.1 Å². The quantitative estimate of drug-likeness (QED) is 0.398. The van der Waals surface area contributed by atoms with Gasteiger partial charge in [0.2, 0.25) is 0 Å². The van der Waals surface area contributed by atoms with E-state index in [-0.39, 0.29) is 17.7 Å². The molecule has 0 aliphatic carbocycles. The number of unbranched alkanes of at least 4 members (excludes halogenated alkanes) is 1. The summed E-state index contributed by atoms with van der Waals surface area (Å²) in [7, 11) is 0. The van der Waals surface area contributed by atoms with Crippen LogP contribution >= 0.6 is 0 Å². The predicted molar refractivity (Wildman–Crippen MR) is 68.2 cm³/mol. The molecule has 0 amide bonds. The van der Waals surface area contributed by atoms with Gasteiger partial charge in [-0.1, -0.05) is 20.3 Å². The van der Waals surface area contributed by atoms with Gasteiger partial charge in [0.15, 0.2) is 0 Å². The van der Waals surface area contributed by atoms with Crippen molar-refractivity contribution in [3.05, 3.63) is 0 Å². The first-order valence-corrected chi connectivity index (χ1v) is 6.98. The molecule has 104 valence electrons. The van der Waals surface area contributed by atoms with Crippen molar-refractivity contribution in [1.29, 1.82) is 0 Å². The first-order valence-electron chi connectivity index (χ1n) is 6.98. The van der Waals surface area contributed by atoms with Crippen LogP contribution in [-0.4, -0.2) is 31.6 Å². The van der Waals surface area contributed by atoms with E-state index in [4.69, 9.17) is 9.47 Å². The lowest BCUT2D eigenvalue weighted by molar-refractivity contribution is -0.154. The zero-order valence-electron chi connectivity index (χ0n) is 11.4. The van der Waals surface area contributed by atoms with Gasteiger partial charge in [-0.15, -0.1) is 0 Å². The van der Waals surface area contributed by atoms with Crippen molar-refractivity contribution in [3.8, 4) is 0 Å². The Balaban J connectivity index is 2.47. The second-order valence-corrected chi connectivity index (χ2v) is 4.77. The molecular weight excluding hydrogens is 232 g/mol. The van der Waals surface area contributed by atoms with Crippen LogP contribution in [0, 0.1) is 11.8 Å². The van der Waals surface area contributed by atoms with E-state index in [0.29, 0.717) is 26.2 Å². The second-order valence-electron chi connectivity index (χ2n) is 4.77. The number of hydrogen-bond acceptors (Lipinski definition) is 4. The predicted octanol–water partition coefficient (Wildman–Crippen LogP) is 2.35. The molecule has 0 radical (unpaired) electrons. The van der Waals surface area contributed by atoms with Crippen molar-refractivity contribution in [2.24, 2.45) is 11.8 Å². The van der Waals surface area contributed by atoms with Gasteiger partial charge in [-0.05, 0) is 25.7 Å². The molecule has 0 saturated carbocycles. The molecule has 1 aliphatic rings. The average molecular weight is 256 g/mol. The molecule has 1 unspecified atom stereocenters. The molecular formula is C14H24O4. The monoisotopic (exact) mass is 256 g/mol. The Morgan fingerprint density at radius 1 is 1.28 bits per heavy atom. The number of carbonyl (C=O) groups is 2. The molecule has 4 heteroatoms. The molecule has 4 nitrogen and oxygen atoms in total. The van der Waals surface area contributed by atoms with Crippen LogP contribution in [0.4, 0.5) is 0 Å². The topological polar surface area (TPSA) is 52.6 Å². The minimum absolute atomic E-state index is 0.0255. The summed E-state index contributed by atoms with van der Waals surface area (Å²) in [5.74, 6) is -0.905. The molecule has 1 aliphatic heterocycles. The van der Waals surface area contributed by atoms with Gasteiger partial charge >= 0.3 is 5.97 Å². The van der Waals surface area contributed by atoms with Crippen molar-refractivity contribution < 1.29 is 19.1 Å². The summed E-state index contributed by atoms with van der Waals surface area (Å²) in [6, 6.07) is 0. The summed E-state index contributed by atoms with van der Waals surface area (Å²) in [6.07, 6.45) is 3.84. The van der Waals surface area contributed by atoms with Gasteiger partial charge in [0.1, 0.15) is 11.7 Å². The molecule has 18 heavy (non-hydrogen) atoms. The molecule has 1 heterocycles. The molecule has 0 aromatic carbocycles. The zero-order chi connectivity index (χ0) is 13.4. The van der Waals surface area contributed by atoms with E-state index in [9.17, 15) is 9.59 Å². The third-order valence-corrected chi connectivity index (χ3v) is 3.40. The highest BCUT2D eigenvalue weighted by Gasteiger charge is 2.32. The third-order valence-electron chi connectivity index (χ3n) is 3.40. The molecule has 0 spiro atoms. The van der Waals surface area contributed by atoms with E-state index >= 15 is 0 Å². The average Bonchev–Trinajstić information content (AvgIpc) is 2.41. The van der Waals surface area contributed by atoms with Gasteiger partial charge < -0.3 is 9.47 Å². The molecule has 1 saturated heterocycles. The third kappa shape index (κ3) is 4.41. The van der Waals surface area contributed by atoms with Gasteiger partial charge in [0.05, 0.1) is 6.61 Å². The number of carbonyl (C=O) groups excluding carboxylic acids is 2. The van der Waals surface area contributed by atoms with Crippen molar-refractivity contribution >= 4 is 11.8 Å². The number of ketones is 1. The number of hydrogen-bond donors (Lipinski definition) is 0. The molecule has 0 N–H and O–H groups in total. The summed E-state index contributed by atoms with van der Waals surface area (Å²) in [4.78, 5) is 24.1. The van der Waals surface area contributed by atoms with E-state index < -0.39 is 5.92 Å². The van der Waals surface area contributed by atoms with E-state index in [2.05, 4.69) is 0 Å². The van der Waals surface area contributed by atoms with Gasteiger partial charge in [-0.2, -0.15) is 0 Å². The maximum Gasteiger partial charge on any atom is 0.316 e. The van der Waals surface area contributed by atoms with Gasteiger partial charge in [-0.25, -0.2) is 0 Å². The van der Waals surface area contributed by atoms with Gasteiger partial charge in [0.25, 0.3) is 0 Å². The van der Waals surface area contributed by atoms with Crippen LogP contribution in [0.25, 0.3) is 0 Å². The molecule has 1 atom stereocenters. The lowest BCUT2D eigenvalue weighted by atomic mass is 9.86. The maximum absolute atomic E-state index is 12.2. The standard InChI is InChI=1S/C14H24O4/c1-3-5-8-18-14(16)12(4-2)13(15)11-6-9-17-10-7-11/h11-12H,3-10H2,1-2H3. The SMILES string of the molecule is CCCCOC(=O)C(CC)C(=O)C1CCOCC1. The number of Topliss-reactive ketones (excluding diaryl/α,β-unsaturated/α-hetero) is 1. The van der Waals surface area contributed by atoms with E-state index in [0.717, 1.165) is 25.7 Å². The lowest BCUT2D eigenvalue weighted by Gasteiger charge is -2.24.